The van der Waals surface area contributed by atoms with Gasteiger partial charge in [-0.2, -0.15) is 13.2 Å². The lowest BCUT2D eigenvalue weighted by Gasteiger charge is -2.19. The molecule has 24 heavy (non-hydrogen) atoms. The third kappa shape index (κ3) is 2.37. The lowest BCUT2D eigenvalue weighted by atomic mass is 10.1. The number of hydrogen-bond acceptors (Lipinski definition) is 5. The minimum atomic E-state index is -4.68. The molecule has 2 atom stereocenters. The fraction of sp³-hybridized carbons (Fsp3) is 0.267. The van der Waals surface area contributed by atoms with E-state index in [9.17, 15) is 18.3 Å². The number of fused-ring (bicyclic) bond motifs is 2. The third-order valence-electron chi connectivity index (χ3n) is 4.04. The zero-order valence-corrected chi connectivity index (χ0v) is 12.2. The summed E-state index contributed by atoms with van der Waals surface area (Å²) in [7, 11) is 0. The van der Waals surface area contributed by atoms with Crippen LogP contribution in [0.15, 0.2) is 30.6 Å². The van der Waals surface area contributed by atoms with E-state index in [2.05, 4.69) is 25.3 Å². The fourth-order valence-corrected chi connectivity index (χ4v) is 2.96. The standard InChI is InChI=1S/C15H12F3N5O/c16-15(17,18)14-22-12-11(19-6-20-12)13(23-14)21-10-8-4-2-1-3-7(8)5-9(10)24/h1-4,6,9-10,24H,5H2,(H2,19,20,21,22,23). The van der Waals surface area contributed by atoms with E-state index < -0.39 is 24.1 Å². The van der Waals surface area contributed by atoms with Crippen molar-refractivity contribution in [3.05, 3.63) is 47.5 Å². The van der Waals surface area contributed by atoms with Crippen LogP contribution in [0.3, 0.4) is 0 Å². The molecule has 0 fully saturated rings. The zero-order valence-electron chi connectivity index (χ0n) is 12.2. The molecule has 0 spiro atoms. The summed E-state index contributed by atoms with van der Waals surface area (Å²) in [5.41, 5.74) is 1.97. The summed E-state index contributed by atoms with van der Waals surface area (Å²) in [5, 5.41) is 13.2. The molecule has 2 aromatic heterocycles. The second kappa shape index (κ2) is 5.17. The molecule has 3 N–H and O–H groups in total. The van der Waals surface area contributed by atoms with Crippen LogP contribution >= 0.6 is 0 Å². The van der Waals surface area contributed by atoms with Gasteiger partial charge in [0, 0.05) is 6.42 Å². The molecule has 0 radical (unpaired) electrons. The molecule has 1 aliphatic carbocycles. The number of benzene rings is 1. The molecule has 0 saturated carbocycles. The van der Waals surface area contributed by atoms with Crippen LogP contribution in [0.4, 0.5) is 19.0 Å². The van der Waals surface area contributed by atoms with E-state index in [1.807, 2.05) is 24.3 Å². The van der Waals surface area contributed by atoms with Crippen molar-refractivity contribution in [1.82, 2.24) is 19.9 Å². The predicted octanol–water partition coefficient (Wildman–Crippen LogP) is 2.44. The van der Waals surface area contributed by atoms with Crippen LogP contribution in [0, 0.1) is 0 Å². The Morgan fingerprint density at radius 3 is 2.79 bits per heavy atom. The number of anilines is 1. The highest BCUT2D eigenvalue weighted by atomic mass is 19.4. The summed E-state index contributed by atoms with van der Waals surface area (Å²) in [4.78, 5) is 13.5. The van der Waals surface area contributed by atoms with E-state index in [1.54, 1.807) is 0 Å². The van der Waals surface area contributed by atoms with Crippen LogP contribution in [0.1, 0.15) is 23.0 Å². The summed E-state index contributed by atoms with van der Waals surface area (Å²) >= 11 is 0. The van der Waals surface area contributed by atoms with Crippen LogP contribution in [-0.2, 0) is 12.6 Å². The molecule has 0 aliphatic heterocycles. The number of halogens is 3. The van der Waals surface area contributed by atoms with Gasteiger partial charge in [-0.05, 0) is 11.1 Å². The van der Waals surface area contributed by atoms with Gasteiger partial charge in [0.05, 0.1) is 18.5 Å². The molecule has 0 amide bonds. The number of aromatic nitrogens is 4. The average molecular weight is 335 g/mol. The normalized spacial score (nSPS) is 20.3. The highest BCUT2D eigenvalue weighted by Gasteiger charge is 2.37. The van der Waals surface area contributed by atoms with Crippen molar-refractivity contribution in [1.29, 1.82) is 0 Å². The molecule has 4 rings (SSSR count). The number of hydrogen-bond donors (Lipinski definition) is 3. The molecule has 1 aromatic carbocycles. The van der Waals surface area contributed by atoms with E-state index in [0.717, 1.165) is 11.1 Å². The van der Waals surface area contributed by atoms with E-state index in [-0.39, 0.29) is 17.0 Å². The Morgan fingerprint density at radius 1 is 1.21 bits per heavy atom. The lowest BCUT2D eigenvalue weighted by Crippen LogP contribution is -2.23. The summed E-state index contributed by atoms with van der Waals surface area (Å²) < 4.78 is 39.0. The highest BCUT2D eigenvalue weighted by molar-refractivity contribution is 5.82. The van der Waals surface area contributed by atoms with E-state index >= 15 is 0 Å². The molecular weight excluding hydrogens is 323 g/mol. The maximum absolute atomic E-state index is 13.0. The van der Waals surface area contributed by atoms with Gasteiger partial charge in [0.1, 0.15) is 5.52 Å². The van der Waals surface area contributed by atoms with Crippen molar-refractivity contribution < 1.29 is 18.3 Å². The zero-order chi connectivity index (χ0) is 16.9. The first-order chi connectivity index (χ1) is 11.4. The van der Waals surface area contributed by atoms with Gasteiger partial charge >= 0.3 is 6.18 Å². The molecule has 3 aromatic rings. The average Bonchev–Trinajstić information content (AvgIpc) is 3.11. The number of aliphatic hydroxyl groups excluding tert-OH is 1. The number of imidazole rings is 1. The van der Waals surface area contributed by atoms with Crippen LogP contribution in [0.25, 0.3) is 11.2 Å². The second-order valence-corrected chi connectivity index (χ2v) is 5.59. The Morgan fingerprint density at radius 2 is 2.00 bits per heavy atom. The van der Waals surface area contributed by atoms with Gasteiger partial charge in [-0.3, -0.25) is 0 Å². The van der Waals surface area contributed by atoms with Gasteiger partial charge in [0.2, 0.25) is 5.82 Å². The van der Waals surface area contributed by atoms with Crippen LogP contribution in [0.5, 0.6) is 0 Å². The van der Waals surface area contributed by atoms with Crippen molar-refractivity contribution in [2.24, 2.45) is 0 Å². The van der Waals surface area contributed by atoms with E-state index in [1.165, 1.54) is 6.33 Å². The van der Waals surface area contributed by atoms with Gasteiger partial charge < -0.3 is 15.4 Å². The third-order valence-corrected chi connectivity index (χ3v) is 4.04. The van der Waals surface area contributed by atoms with Gasteiger partial charge in [0.15, 0.2) is 11.5 Å². The van der Waals surface area contributed by atoms with Crippen LogP contribution < -0.4 is 5.32 Å². The van der Waals surface area contributed by atoms with Crippen molar-refractivity contribution in [2.75, 3.05) is 5.32 Å². The second-order valence-electron chi connectivity index (χ2n) is 5.59. The Kier molecular flexibility index (Phi) is 3.20. The van der Waals surface area contributed by atoms with Crippen molar-refractivity contribution in [3.63, 3.8) is 0 Å². The summed E-state index contributed by atoms with van der Waals surface area (Å²) in [6.45, 7) is 0. The SMILES string of the molecule is OC1Cc2ccccc2C1Nc1nc(C(F)(F)F)nc2nc[nH]c12. The number of nitrogens with one attached hydrogen (secondary N) is 2. The number of H-pyrrole nitrogens is 1. The predicted molar refractivity (Wildman–Crippen MR) is 79.2 cm³/mol. The van der Waals surface area contributed by atoms with Gasteiger partial charge in [-0.25, -0.2) is 15.0 Å². The quantitative estimate of drug-likeness (QED) is 0.670. The van der Waals surface area contributed by atoms with Crippen molar-refractivity contribution >= 4 is 17.0 Å². The minimum Gasteiger partial charge on any atom is -0.390 e. The Bertz CT molecular complexity index is 908. The van der Waals surface area contributed by atoms with E-state index in [0.29, 0.717) is 6.42 Å². The number of aliphatic hydroxyl groups is 1. The maximum atomic E-state index is 13.0. The number of nitrogens with zero attached hydrogens (tertiary/aromatic N) is 3. The molecule has 2 unspecified atom stereocenters. The summed E-state index contributed by atoms with van der Waals surface area (Å²) in [6.07, 6.45) is -3.76. The van der Waals surface area contributed by atoms with Gasteiger partial charge in [-0.1, -0.05) is 24.3 Å². The lowest BCUT2D eigenvalue weighted by molar-refractivity contribution is -0.144. The topological polar surface area (TPSA) is 86.7 Å². The highest BCUT2D eigenvalue weighted by Crippen LogP contribution is 2.36. The van der Waals surface area contributed by atoms with Gasteiger partial charge in [-0.15, -0.1) is 0 Å². The molecule has 2 heterocycles. The number of aromatic amines is 1. The van der Waals surface area contributed by atoms with Gasteiger partial charge in [0.25, 0.3) is 0 Å². The molecule has 6 nitrogen and oxygen atoms in total. The van der Waals surface area contributed by atoms with Crippen molar-refractivity contribution in [2.45, 2.75) is 24.7 Å². The molecule has 124 valence electrons. The Balaban J connectivity index is 1.78. The smallest absolute Gasteiger partial charge is 0.390 e. The summed E-state index contributed by atoms with van der Waals surface area (Å²) in [5.74, 6) is -1.31. The first-order valence-electron chi connectivity index (χ1n) is 7.24. The maximum Gasteiger partial charge on any atom is 0.451 e. The molecule has 0 saturated heterocycles. The van der Waals surface area contributed by atoms with Crippen molar-refractivity contribution in [3.8, 4) is 0 Å². The minimum absolute atomic E-state index is 0.0365. The molecule has 9 heteroatoms. The van der Waals surface area contributed by atoms with Crippen LogP contribution in [-0.4, -0.2) is 31.1 Å². The van der Waals surface area contributed by atoms with E-state index in [4.69, 9.17) is 0 Å². The molecule has 0 bridgehead atoms. The first kappa shape index (κ1) is 14.9. The number of rotatable bonds is 2. The molecular formula is C15H12F3N5O. The summed E-state index contributed by atoms with van der Waals surface area (Å²) in [6, 6.07) is 6.84. The first-order valence-corrected chi connectivity index (χ1v) is 7.24. The fourth-order valence-electron chi connectivity index (χ4n) is 2.96. The molecule has 1 aliphatic rings. The Hall–Kier alpha value is -2.68. The Labute approximate surface area is 133 Å². The largest absolute Gasteiger partial charge is 0.451 e. The monoisotopic (exact) mass is 335 g/mol. The number of alkyl halides is 3. The van der Waals surface area contributed by atoms with Crippen LogP contribution in [0.2, 0.25) is 0 Å².